The second-order valence-corrected chi connectivity index (χ2v) is 5.31. The lowest BCUT2D eigenvalue weighted by molar-refractivity contribution is 0.218. The molecule has 0 aliphatic heterocycles. The molecule has 0 aromatic rings. The van der Waals surface area contributed by atoms with Gasteiger partial charge in [-0.2, -0.15) is 0 Å². The van der Waals surface area contributed by atoms with Crippen molar-refractivity contribution in [3.8, 4) is 0 Å². The summed E-state index contributed by atoms with van der Waals surface area (Å²) < 4.78 is 0. The molecule has 2 heteroatoms. The second kappa shape index (κ2) is 8.08. The molecule has 0 amide bonds. The maximum atomic E-state index is 3.67. The molecule has 16 heavy (non-hydrogen) atoms. The Morgan fingerprint density at radius 1 is 1.19 bits per heavy atom. The lowest BCUT2D eigenvalue weighted by atomic mass is 10.1. The van der Waals surface area contributed by atoms with Gasteiger partial charge in [0.05, 0.1) is 0 Å². The lowest BCUT2D eigenvalue weighted by Crippen LogP contribution is -2.41. The standard InChI is InChI=1S/C14H30N2/c1-4-6-7-11-16(3)14(8-5-2)12-15-13-9-10-13/h13-15H,4-12H2,1-3H3. The normalized spacial score (nSPS) is 18.0. The fraction of sp³-hybridized carbons (Fsp3) is 1.00. The molecule has 1 N–H and O–H groups in total. The molecule has 0 bridgehead atoms. The molecule has 0 aromatic heterocycles. The van der Waals surface area contributed by atoms with Gasteiger partial charge in [0.25, 0.3) is 0 Å². The average molecular weight is 226 g/mol. The van der Waals surface area contributed by atoms with Crippen molar-refractivity contribution in [3.05, 3.63) is 0 Å². The molecule has 0 heterocycles. The van der Waals surface area contributed by atoms with Crippen LogP contribution in [0.5, 0.6) is 0 Å². The smallest absolute Gasteiger partial charge is 0.0217 e. The molecule has 1 aliphatic carbocycles. The highest BCUT2D eigenvalue weighted by molar-refractivity contribution is 4.83. The van der Waals surface area contributed by atoms with E-state index in [1.54, 1.807) is 0 Å². The quantitative estimate of drug-likeness (QED) is 0.576. The van der Waals surface area contributed by atoms with Gasteiger partial charge in [0.2, 0.25) is 0 Å². The predicted molar refractivity (Wildman–Crippen MR) is 71.9 cm³/mol. The van der Waals surface area contributed by atoms with E-state index in [1.165, 1.54) is 58.0 Å². The number of hydrogen-bond acceptors (Lipinski definition) is 2. The summed E-state index contributed by atoms with van der Waals surface area (Å²) >= 11 is 0. The highest BCUT2D eigenvalue weighted by Crippen LogP contribution is 2.19. The van der Waals surface area contributed by atoms with Gasteiger partial charge in [-0.1, -0.05) is 33.1 Å². The van der Waals surface area contributed by atoms with Gasteiger partial charge in [-0.15, -0.1) is 0 Å². The number of likely N-dealkylation sites (N-methyl/N-ethyl adjacent to an activating group) is 1. The number of nitrogens with zero attached hydrogens (tertiary/aromatic N) is 1. The van der Waals surface area contributed by atoms with Gasteiger partial charge >= 0.3 is 0 Å². The summed E-state index contributed by atoms with van der Waals surface area (Å²) in [4.78, 5) is 2.56. The van der Waals surface area contributed by atoms with Gasteiger partial charge in [0, 0.05) is 18.6 Å². The van der Waals surface area contributed by atoms with E-state index >= 15 is 0 Å². The van der Waals surface area contributed by atoms with Crippen molar-refractivity contribution in [3.63, 3.8) is 0 Å². The molecule has 0 spiro atoms. The van der Waals surface area contributed by atoms with E-state index in [1.807, 2.05) is 0 Å². The van der Waals surface area contributed by atoms with Crippen LogP contribution < -0.4 is 5.32 Å². The van der Waals surface area contributed by atoms with Crippen molar-refractivity contribution >= 4 is 0 Å². The molecule has 1 aliphatic rings. The Balaban J connectivity index is 2.16. The largest absolute Gasteiger partial charge is 0.312 e. The van der Waals surface area contributed by atoms with E-state index in [0.717, 1.165) is 12.1 Å². The van der Waals surface area contributed by atoms with Crippen molar-refractivity contribution in [2.75, 3.05) is 20.1 Å². The first kappa shape index (κ1) is 14.0. The Hall–Kier alpha value is -0.0800. The van der Waals surface area contributed by atoms with Crippen molar-refractivity contribution in [1.82, 2.24) is 10.2 Å². The van der Waals surface area contributed by atoms with Gasteiger partial charge < -0.3 is 10.2 Å². The zero-order valence-electron chi connectivity index (χ0n) is 11.5. The van der Waals surface area contributed by atoms with E-state index in [4.69, 9.17) is 0 Å². The first-order valence-electron chi connectivity index (χ1n) is 7.21. The second-order valence-electron chi connectivity index (χ2n) is 5.31. The Labute approximate surface area is 102 Å². The zero-order valence-corrected chi connectivity index (χ0v) is 11.5. The van der Waals surface area contributed by atoms with E-state index in [9.17, 15) is 0 Å². The summed E-state index contributed by atoms with van der Waals surface area (Å²) in [5, 5.41) is 3.67. The van der Waals surface area contributed by atoms with Gasteiger partial charge in [0.1, 0.15) is 0 Å². The maximum absolute atomic E-state index is 3.67. The predicted octanol–water partition coefficient (Wildman–Crippen LogP) is 3.03. The van der Waals surface area contributed by atoms with Crippen LogP contribution in [0.4, 0.5) is 0 Å². The van der Waals surface area contributed by atoms with Crippen molar-refractivity contribution in [1.29, 1.82) is 0 Å². The average Bonchev–Trinajstić information content (AvgIpc) is 3.08. The Morgan fingerprint density at radius 3 is 2.50 bits per heavy atom. The van der Waals surface area contributed by atoms with Gasteiger partial charge in [-0.25, -0.2) is 0 Å². The molecule has 1 saturated carbocycles. The number of rotatable bonds is 10. The minimum absolute atomic E-state index is 0.752. The van der Waals surface area contributed by atoms with Crippen LogP contribution >= 0.6 is 0 Å². The summed E-state index contributed by atoms with van der Waals surface area (Å²) in [6, 6.07) is 1.60. The van der Waals surface area contributed by atoms with Crippen molar-refractivity contribution in [2.45, 2.75) is 70.9 Å². The number of nitrogens with one attached hydrogen (secondary N) is 1. The van der Waals surface area contributed by atoms with Crippen LogP contribution in [0.15, 0.2) is 0 Å². The summed E-state index contributed by atoms with van der Waals surface area (Å²) in [6.45, 7) is 7.04. The fourth-order valence-electron chi connectivity index (χ4n) is 2.20. The van der Waals surface area contributed by atoms with Crippen molar-refractivity contribution in [2.24, 2.45) is 0 Å². The van der Waals surface area contributed by atoms with Crippen LogP contribution in [-0.4, -0.2) is 37.1 Å². The molecule has 1 fully saturated rings. The van der Waals surface area contributed by atoms with E-state index in [2.05, 4.69) is 31.1 Å². The number of hydrogen-bond donors (Lipinski definition) is 1. The van der Waals surface area contributed by atoms with Crippen LogP contribution in [0.2, 0.25) is 0 Å². The lowest BCUT2D eigenvalue weighted by Gasteiger charge is -2.28. The third kappa shape index (κ3) is 5.86. The zero-order chi connectivity index (χ0) is 11.8. The number of unbranched alkanes of at least 4 members (excludes halogenated alkanes) is 2. The monoisotopic (exact) mass is 226 g/mol. The summed E-state index contributed by atoms with van der Waals surface area (Å²) in [6.07, 6.45) is 9.50. The SMILES string of the molecule is CCCCCN(C)C(CCC)CNC1CC1. The van der Waals surface area contributed by atoms with Gasteiger partial charge in [-0.3, -0.25) is 0 Å². The molecule has 1 atom stereocenters. The first-order chi connectivity index (χ1) is 7.77. The molecule has 0 saturated heterocycles. The van der Waals surface area contributed by atoms with Crippen molar-refractivity contribution < 1.29 is 0 Å². The molecule has 96 valence electrons. The van der Waals surface area contributed by atoms with E-state index in [0.29, 0.717) is 0 Å². The van der Waals surface area contributed by atoms with Gasteiger partial charge in [0.15, 0.2) is 0 Å². The molecule has 1 rings (SSSR count). The van der Waals surface area contributed by atoms with Crippen LogP contribution in [0.25, 0.3) is 0 Å². The third-order valence-electron chi connectivity index (χ3n) is 3.58. The Bertz CT molecular complexity index is 166. The minimum Gasteiger partial charge on any atom is -0.312 e. The maximum Gasteiger partial charge on any atom is 0.0217 e. The molecule has 0 aromatic carbocycles. The van der Waals surface area contributed by atoms with E-state index < -0.39 is 0 Å². The van der Waals surface area contributed by atoms with Crippen LogP contribution in [0, 0.1) is 0 Å². The first-order valence-corrected chi connectivity index (χ1v) is 7.21. The minimum atomic E-state index is 0.752. The molecule has 0 radical (unpaired) electrons. The Kier molecular flexibility index (Phi) is 7.06. The Morgan fingerprint density at radius 2 is 1.94 bits per heavy atom. The van der Waals surface area contributed by atoms with Crippen LogP contribution in [0.1, 0.15) is 58.8 Å². The van der Waals surface area contributed by atoms with E-state index in [-0.39, 0.29) is 0 Å². The molecular formula is C14H30N2. The summed E-state index contributed by atoms with van der Waals surface area (Å²) in [5.74, 6) is 0. The molecule has 1 unspecified atom stereocenters. The van der Waals surface area contributed by atoms with Crippen LogP contribution in [-0.2, 0) is 0 Å². The third-order valence-corrected chi connectivity index (χ3v) is 3.58. The van der Waals surface area contributed by atoms with Gasteiger partial charge in [-0.05, 0) is 39.3 Å². The molecular weight excluding hydrogens is 196 g/mol. The molecule has 2 nitrogen and oxygen atoms in total. The fourth-order valence-corrected chi connectivity index (χ4v) is 2.20. The summed E-state index contributed by atoms with van der Waals surface area (Å²) in [7, 11) is 2.30. The highest BCUT2D eigenvalue weighted by atomic mass is 15.2. The van der Waals surface area contributed by atoms with Crippen LogP contribution in [0.3, 0.4) is 0 Å². The summed E-state index contributed by atoms with van der Waals surface area (Å²) in [5.41, 5.74) is 0. The highest BCUT2D eigenvalue weighted by Gasteiger charge is 2.22. The topological polar surface area (TPSA) is 15.3 Å².